The zero-order valence-electron chi connectivity index (χ0n) is 18.5. The van der Waals surface area contributed by atoms with Gasteiger partial charge in [-0.1, -0.05) is 27.5 Å². The fourth-order valence-electron chi connectivity index (χ4n) is 2.88. The molecule has 1 amide bonds. The summed E-state index contributed by atoms with van der Waals surface area (Å²) in [5, 5.41) is 4.39. The lowest BCUT2D eigenvalue weighted by atomic mass is 10.2. The van der Waals surface area contributed by atoms with Crippen LogP contribution in [0, 0.1) is 0 Å². The third kappa shape index (κ3) is 6.82. The molecule has 176 valence electrons. The highest BCUT2D eigenvalue weighted by Crippen LogP contribution is 2.29. The number of carbonyl (C=O) groups excluding carboxylic acids is 2. The van der Waals surface area contributed by atoms with Crippen LogP contribution >= 0.6 is 27.5 Å². The molecule has 7 nitrogen and oxygen atoms in total. The van der Waals surface area contributed by atoms with E-state index in [1.54, 1.807) is 60.7 Å². The van der Waals surface area contributed by atoms with Gasteiger partial charge >= 0.3 is 5.97 Å². The number of carbonyl (C=O) groups is 2. The quantitative estimate of drug-likeness (QED) is 0.157. The SMILES string of the molecule is CCOc1ccc(C(=O)Oc2ccc(Cl)cc2/C=N/NC(=O)c2ccc(Br)cc2)cc1OCC. The van der Waals surface area contributed by atoms with E-state index in [1.807, 2.05) is 13.8 Å². The van der Waals surface area contributed by atoms with E-state index in [2.05, 4.69) is 26.5 Å². The molecule has 0 aliphatic carbocycles. The van der Waals surface area contributed by atoms with Crippen LogP contribution in [0.2, 0.25) is 5.02 Å². The molecule has 0 bridgehead atoms. The van der Waals surface area contributed by atoms with Gasteiger partial charge in [0.25, 0.3) is 5.91 Å². The van der Waals surface area contributed by atoms with Gasteiger partial charge in [-0.2, -0.15) is 5.10 Å². The minimum Gasteiger partial charge on any atom is -0.490 e. The Hall–Kier alpha value is -3.36. The summed E-state index contributed by atoms with van der Waals surface area (Å²) in [5.41, 5.74) is 3.58. The number of nitrogens with one attached hydrogen (secondary N) is 1. The molecular formula is C25H22BrClN2O5. The van der Waals surface area contributed by atoms with E-state index in [9.17, 15) is 9.59 Å². The number of benzene rings is 3. The average Bonchev–Trinajstić information content (AvgIpc) is 2.82. The van der Waals surface area contributed by atoms with Crippen molar-refractivity contribution in [3.8, 4) is 17.2 Å². The fraction of sp³-hybridized carbons (Fsp3) is 0.160. The lowest BCUT2D eigenvalue weighted by Crippen LogP contribution is -2.17. The summed E-state index contributed by atoms with van der Waals surface area (Å²) < 4.78 is 17.5. The normalized spacial score (nSPS) is 10.7. The standard InChI is InChI=1S/C25H22BrClN2O5/c1-3-32-22-11-7-17(14-23(22)33-4-2)25(31)34-21-12-10-20(27)13-18(21)15-28-29-24(30)16-5-8-19(26)9-6-16/h5-15H,3-4H2,1-2H3,(H,29,30)/b28-15+. The Morgan fingerprint density at radius 3 is 2.26 bits per heavy atom. The predicted octanol–water partition coefficient (Wildman–Crippen LogP) is 5.88. The molecule has 3 aromatic carbocycles. The first-order valence-electron chi connectivity index (χ1n) is 10.4. The van der Waals surface area contributed by atoms with Gasteiger partial charge in [-0.15, -0.1) is 0 Å². The van der Waals surface area contributed by atoms with Crippen LogP contribution in [0.5, 0.6) is 17.2 Å². The molecule has 3 aromatic rings. The molecule has 0 unspecified atom stereocenters. The van der Waals surface area contributed by atoms with Gasteiger partial charge < -0.3 is 14.2 Å². The summed E-state index contributed by atoms with van der Waals surface area (Å²) in [6, 6.07) is 16.4. The molecule has 0 aliphatic heterocycles. The highest BCUT2D eigenvalue weighted by molar-refractivity contribution is 9.10. The van der Waals surface area contributed by atoms with E-state index in [-0.39, 0.29) is 17.2 Å². The van der Waals surface area contributed by atoms with Crippen LogP contribution in [0.25, 0.3) is 0 Å². The fourth-order valence-corrected chi connectivity index (χ4v) is 3.32. The van der Waals surface area contributed by atoms with Crippen molar-refractivity contribution in [1.29, 1.82) is 0 Å². The smallest absolute Gasteiger partial charge is 0.343 e. The third-order valence-corrected chi connectivity index (χ3v) is 5.19. The van der Waals surface area contributed by atoms with Crippen molar-refractivity contribution in [2.45, 2.75) is 13.8 Å². The first-order valence-corrected chi connectivity index (χ1v) is 11.6. The second kappa shape index (κ2) is 12.2. The average molecular weight is 546 g/mol. The summed E-state index contributed by atoms with van der Waals surface area (Å²) in [4.78, 5) is 25.0. The highest BCUT2D eigenvalue weighted by atomic mass is 79.9. The number of amides is 1. The Kier molecular flexibility index (Phi) is 9.07. The van der Waals surface area contributed by atoms with Crippen molar-refractivity contribution in [3.05, 3.63) is 86.8 Å². The van der Waals surface area contributed by atoms with Crippen LogP contribution in [-0.2, 0) is 0 Å². The number of hydrazone groups is 1. The van der Waals surface area contributed by atoms with Crippen molar-refractivity contribution >= 4 is 45.6 Å². The molecule has 9 heteroatoms. The van der Waals surface area contributed by atoms with Crippen molar-refractivity contribution in [3.63, 3.8) is 0 Å². The molecule has 34 heavy (non-hydrogen) atoms. The van der Waals surface area contributed by atoms with Gasteiger partial charge in [0.1, 0.15) is 5.75 Å². The van der Waals surface area contributed by atoms with E-state index in [0.29, 0.717) is 40.9 Å². The zero-order valence-corrected chi connectivity index (χ0v) is 20.9. The molecule has 0 saturated heterocycles. The van der Waals surface area contributed by atoms with Crippen LogP contribution in [-0.4, -0.2) is 31.3 Å². The lowest BCUT2D eigenvalue weighted by molar-refractivity contribution is 0.0733. The molecule has 0 heterocycles. The molecule has 3 rings (SSSR count). The number of hydrogen-bond acceptors (Lipinski definition) is 6. The summed E-state index contributed by atoms with van der Waals surface area (Å²) in [6.45, 7) is 4.59. The van der Waals surface area contributed by atoms with Crippen molar-refractivity contribution in [2.24, 2.45) is 5.10 Å². The largest absolute Gasteiger partial charge is 0.490 e. The van der Waals surface area contributed by atoms with Gasteiger partial charge in [-0.05, 0) is 74.5 Å². The first-order chi connectivity index (χ1) is 16.4. The van der Waals surface area contributed by atoms with Crippen LogP contribution in [0.15, 0.2) is 70.2 Å². The van der Waals surface area contributed by atoms with Crippen LogP contribution in [0.4, 0.5) is 0 Å². The number of esters is 1. The van der Waals surface area contributed by atoms with Gasteiger partial charge in [-0.3, -0.25) is 4.79 Å². The topological polar surface area (TPSA) is 86.2 Å². The molecule has 1 N–H and O–H groups in total. The Bertz CT molecular complexity index is 1200. The lowest BCUT2D eigenvalue weighted by Gasteiger charge is -2.13. The van der Waals surface area contributed by atoms with E-state index < -0.39 is 5.97 Å². The molecule has 0 saturated carbocycles. The number of ether oxygens (including phenoxy) is 3. The second-order valence-corrected chi connectivity index (χ2v) is 8.16. The Labute approximate surface area is 210 Å². The maximum atomic E-state index is 12.8. The first kappa shape index (κ1) is 25.3. The van der Waals surface area contributed by atoms with Crippen molar-refractivity contribution in [1.82, 2.24) is 5.43 Å². The zero-order chi connectivity index (χ0) is 24.5. The van der Waals surface area contributed by atoms with Crippen molar-refractivity contribution < 1.29 is 23.8 Å². The minimum atomic E-state index is -0.597. The molecule has 0 atom stereocenters. The van der Waals surface area contributed by atoms with Gasteiger partial charge in [0, 0.05) is 20.6 Å². The molecule has 0 aliphatic rings. The molecule has 0 radical (unpaired) electrons. The van der Waals surface area contributed by atoms with E-state index in [1.165, 1.54) is 6.21 Å². The third-order valence-electron chi connectivity index (χ3n) is 4.43. The summed E-state index contributed by atoms with van der Waals surface area (Å²) in [5.74, 6) is 0.235. The Morgan fingerprint density at radius 1 is 0.912 bits per heavy atom. The Balaban J connectivity index is 1.76. The van der Waals surface area contributed by atoms with E-state index >= 15 is 0 Å². The number of nitrogens with zero attached hydrogens (tertiary/aromatic N) is 1. The van der Waals surface area contributed by atoms with Crippen LogP contribution < -0.4 is 19.6 Å². The van der Waals surface area contributed by atoms with Crippen molar-refractivity contribution in [2.75, 3.05) is 13.2 Å². The molecule has 0 aromatic heterocycles. The van der Waals surface area contributed by atoms with Gasteiger partial charge in [0.2, 0.25) is 0 Å². The van der Waals surface area contributed by atoms with E-state index in [4.69, 9.17) is 25.8 Å². The predicted molar refractivity (Wildman–Crippen MR) is 134 cm³/mol. The molecule has 0 fully saturated rings. The maximum absolute atomic E-state index is 12.8. The van der Waals surface area contributed by atoms with Gasteiger partial charge in [0.05, 0.1) is 25.0 Å². The minimum absolute atomic E-state index is 0.225. The number of hydrogen-bond donors (Lipinski definition) is 1. The summed E-state index contributed by atoms with van der Waals surface area (Å²) >= 11 is 9.42. The second-order valence-electron chi connectivity index (χ2n) is 6.81. The van der Waals surface area contributed by atoms with Crippen LogP contribution in [0.1, 0.15) is 40.1 Å². The van der Waals surface area contributed by atoms with E-state index in [0.717, 1.165) is 4.47 Å². The molecular weight excluding hydrogens is 524 g/mol. The van der Waals surface area contributed by atoms with Gasteiger partial charge in [-0.25, -0.2) is 10.2 Å². The summed E-state index contributed by atoms with van der Waals surface area (Å²) in [6.07, 6.45) is 1.36. The van der Waals surface area contributed by atoms with Gasteiger partial charge in [0.15, 0.2) is 11.5 Å². The molecule has 0 spiro atoms. The number of rotatable bonds is 9. The Morgan fingerprint density at radius 2 is 1.56 bits per heavy atom. The number of halogens is 2. The monoisotopic (exact) mass is 544 g/mol. The highest BCUT2D eigenvalue weighted by Gasteiger charge is 2.15. The summed E-state index contributed by atoms with van der Waals surface area (Å²) in [7, 11) is 0. The van der Waals surface area contributed by atoms with Crippen LogP contribution in [0.3, 0.4) is 0 Å². The maximum Gasteiger partial charge on any atom is 0.343 e.